The summed E-state index contributed by atoms with van der Waals surface area (Å²) in [5.74, 6) is 0.245. The zero-order chi connectivity index (χ0) is 23.2. The number of thiophene rings is 1. The van der Waals surface area contributed by atoms with Gasteiger partial charge >= 0.3 is 0 Å². The van der Waals surface area contributed by atoms with E-state index in [-0.39, 0.29) is 12.3 Å². The maximum Gasteiger partial charge on any atom is 0.281 e. The summed E-state index contributed by atoms with van der Waals surface area (Å²) in [6.07, 6.45) is 1.50. The highest BCUT2D eigenvalue weighted by Crippen LogP contribution is 2.28. The van der Waals surface area contributed by atoms with Crippen LogP contribution in [0, 0.1) is 21.4 Å². The van der Waals surface area contributed by atoms with Crippen LogP contribution in [0.5, 0.6) is 5.75 Å². The van der Waals surface area contributed by atoms with E-state index in [2.05, 4.69) is 16.6 Å². The number of amides is 1. The number of hydrogen-bond donors (Lipinski definition) is 1. The summed E-state index contributed by atoms with van der Waals surface area (Å²) >= 11 is 1.24. The number of nitrogens with one attached hydrogen (secondary N) is 1. The van der Waals surface area contributed by atoms with Crippen LogP contribution in [0.25, 0.3) is 10.1 Å². The number of nitro groups is 1. The predicted octanol–water partition coefficient (Wildman–Crippen LogP) is 5.02. The van der Waals surface area contributed by atoms with E-state index in [0.29, 0.717) is 21.6 Å². The Bertz CT molecular complexity index is 1400. The van der Waals surface area contributed by atoms with Gasteiger partial charge in [-0.15, -0.1) is 11.3 Å². The van der Waals surface area contributed by atoms with Crippen molar-refractivity contribution in [1.29, 1.82) is 5.26 Å². The lowest BCUT2D eigenvalue weighted by molar-refractivity contribution is -0.384. The summed E-state index contributed by atoms with van der Waals surface area (Å²) in [7, 11) is 0. The van der Waals surface area contributed by atoms with Crippen molar-refractivity contribution in [2.45, 2.75) is 6.61 Å². The molecule has 0 saturated heterocycles. The second kappa shape index (κ2) is 9.72. The molecule has 0 aliphatic heterocycles. The zero-order valence-electron chi connectivity index (χ0n) is 17.1. The lowest BCUT2D eigenvalue weighted by atomic mass is 10.1. The lowest BCUT2D eigenvalue weighted by Crippen LogP contribution is -2.16. The van der Waals surface area contributed by atoms with E-state index < -0.39 is 10.8 Å². The standard InChI is InChI=1S/C24H16N4O4S/c25-13-17-3-1-2-4-18(17)15-32-21-8-5-16(6-9-21)14-26-27-24(29)23-12-19-11-20(28(30)31)7-10-22(19)33-23/h1-12,14H,15H2,(H,27,29)/b26-14-. The molecule has 0 radical (unpaired) electrons. The second-order valence-corrected chi connectivity index (χ2v) is 8.00. The van der Waals surface area contributed by atoms with Crippen molar-refractivity contribution in [3.63, 3.8) is 0 Å². The SMILES string of the molecule is N#Cc1ccccc1COc1ccc(/C=N\NC(=O)c2cc3cc([N+](=O)[O-])ccc3s2)cc1. The summed E-state index contributed by atoms with van der Waals surface area (Å²) < 4.78 is 6.52. The quantitative estimate of drug-likeness (QED) is 0.238. The van der Waals surface area contributed by atoms with Gasteiger partial charge in [0.05, 0.1) is 27.6 Å². The van der Waals surface area contributed by atoms with Gasteiger partial charge in [-0.3, -0.25) is 14.9 Å². The molecule has 1 N–H and O–H groups in total. The monoisotopic (exact) mass is 456 g/mol. The van der Waals surface area contributed by atoms with Crippen LogP contribution in [0.3, 0.4) is 0 Å². The van der Waals surface area contributed by atoms with Gasteiger partial charge in [-0.05, 0) is 48.0 Å². The van der Waals surface area contributed by atoms with Gasteiger partial charge in [-0.25, -0.2) is 5.43 Å². The minimum absolute atomic E-state index is 0.0213. The third-order valence-corrected chi connectivity index (χ3v) is 5.84. The lowest BCUT2D eigenvalue weighted by Gasteiger charge is -2.07. The van der Waals surface area contributed by atoms with Crippen LogP contribution in [0.1, 0.15) is 26.4 Å². The van der Waals surface area contributed by atoms with E-state index in [1.807, 2.05) is 18.2 Å². The van der Waals surface area contributed by atoms with Crippen molar-refractivity contribution < 1.29 is 14.5 Å². The number of benzene rings is 3. The van der Waals surface area contributed by atoms with Crippen LogP contribution in [0.2, 0.25) is 0 Å². The number of hydrazone groups is 1. The number of nitro benzene ring substituents is 1. The molecule has 1 amide bonds. The number of nitrogens with zero attached hydrogens (tertiary/aromatic N) is 3. The minimum atomic E-state index is -0.470. The van der Waals surface area contributed by atoms with E-state index >= 15 is 0 Å². The molecule has 4 aromatic rings. The fourth-order valence-electron chi connectivity index (χ4n) is 3.04. The highest BCUT2D eigenvalue weighted by Gasteiger charge is 2.13. The van der Waals surface area contributed by atoms with Gasteiger partial charge in [0.15, 0.2) is 0 Å². The Hall–Kier alpha value is -4.55. The smallest absolute Gasteiger partial charge is 0.281 e. The molecule has 9 heteroatoms. The number of non-ortho nitro benzene ring substituents is 1. The molecule has 0 atom stereocenters. The van der Waals surface area contributed by atoms with Crippen LogP contribution < -0.4 is 10.2 Å². The molecular weight excluding hydrogens is 440 g/mol. The molecule has 0 saturated carbocycles. The summed E-state index contributed by atoms with van der Waals surface area (Å²) in [6, 6.07) is 22.6. The van der Waals surface area contributed by atoms with E-state index in [1.165, 1.54) is 29.7 Å². The maximum absolute atomic E-state index is 12.4. The second-order valence-electron chi connectivity index (χ2n) is 6.92. The van der Waals surface area contributed by atoms with E-state index in [4.69, 9.17) is 10.00 Å². The van der Waals surface area contributed by atoms with Gasteiger partial charge in [0.25, 0.3) is 11.6 Å². The minimum Gasteiger partial charge on any atom is -0.489 e. The molecule has 8 nitrogen and oxygen atoms in total. The summed E-state index contributed by atoms with van der Waals surface area (Å²) in [5, 5.41) is 24.7. The molecule has 33 heavy (non-hydrogen) atoms. The molecule has 4 rings (SSSR count). The maximum atomic E-state index is 12.4. The van der Waals surface area contributed by atoms with Crippen LogP contribution in [0.15, 0.2) is 77.9 Å². The van der Waals surface area contributed by atoms with Crippen LogP contribution >= 0.6 is 11.3 Å². The topological polar surface area (TPSA) is 118 Å². The van der Waals surface area contributed by atoms with E-state index in [1.54, 1.807) is 42.5 Å². The first kappa shape index (κ1) is 21.7. The highest BCUT2D eigenvalue weighted by atomic mass is 32.1. The van der Waals surface area contributed by atoms with Crippen LogP contribution in [0.4, 0.5) is 5.69 Å². The Morgan fingerprint density at radius 3 is 2.70 bits per heavy atom. The van der Waals surface area contributed by atoms with Gasteiger partial charge in [0, 0.05) is 27.8 Å². The first-order valence-corrected chi connectivity index (χ1v) is 10.6. The van der Waals surface area contributed by atoms with Gasteiger partial charge < -0.3 is 4.74 Å². The van der Waals surface area contributed by atoms with Crippen LogP contribution in [-0.2, 0) is 6.61 Å². The summed E-state index contributed by atoms with van der Waals surface area (Å²) in [5.41, 5.74) is 4.59. The molecule has 162 valence electrons. The number of rotatable bonds is 7. The Labute approximate surface area is 192 Å². The predicted molar refractivity (Wildman–Crippen MR) is 125 cm³/mol. The number of carbonyl (C=O) groups excluding carboxylic acids is 1. The Morgan fingerprint density at radius 2 is 1.94 bits per heavy atom. The van der Waals surface area contributed by atoms with E-state index in [0.717, 1.165) is 15.8 Å². The number of hydrogen-bond acceptors (Lipinski definition) is 7. The third kappa shape index (κ3) is 5.20. The van der Waals surface area contributed by atoms with Crippen molar-refractivity contribution in [2.75, 3.05) is 0 Å². The van der Waals surface area contributed by atoms with Gasteiger partial charge in [-0.1, -0.05) is 18.2 Å². The first-order valence-electron chi connectivity index (χ1n) is 9.76. The Kier molecular flexibility index (Phi) is 6.38. The number of nitriles is 1. The van der Waals surface area contributed by atoms with Gasteiger partial charge in [0.2, 0.25) is 0 Å². The molecular formula is C24H16N4O4S. The molecule has 0 spiro atoms. The fourth-order valence-corrected chi connectivity index (χ4v) is 3.98. The average molecular weight is 456 g/mol. The molecule has 0 fully saturated rings. The van der Waals surface area contributed by atoms with Crippen molar-refractivity contribution in [3.8, 4) is 11.8 Å². The number of fused-ring (bicyclic) bond motifs is 1. The molecule has 1 aromatic heterocycles. The highest BCUT2D eigenvalue weighted by molar-refractivity contribution is 7.20. The molecule has 0 unspecified atom stereocenters. The van der Waals surface area contributed by atoms with E-state index in [9.17, 15) is 14.9 Å². The molecule has 3 aromatic carbocycles. The Morgan fingerprint density at radius 1 is 1.15 bits per heavy atom. The van der Waals surface area contributed by atoms with Crippen molar-refractivity contribution in [2.24, 2.45) is 5.10 Å². The third-order valence-electron chi connectivity index (χ3n) is 4.73. The molecule has 0 aliphatic carbocycles. The number of carbonyl (C=O) groups is 1. The first-order chi connectivity index (χ1) is 16.0. The number of ether oxygens (including phenoxy) is 1. The molecule has 1 heterocycles. The van der Waals surface area contributed by atoms with Gasteiger partial charge in [0.1, 0.15) is 12.4 Å². The van der Waals surface area contributed by atoms with Crippen molar-refractivity contribution in [3.05, 3.63) is 104 Å². The van der Waals surface area contributed by atoms with Crippen molar-refractivity contribution in [1.82, 2.24) is 5.43 Å². The zero-order valence-corrected chi connectivity index (χ0v) is 17.9. The normalized spacial score (nSPS) is 10.8. The van der Waals surface area contributed by atoms with Crippen LogP contribution in [-0.4, -0.2) is 17.0 Å². The molecule has 0 bridgehead atoms. The van der Waals surface area contributed by atoms with Crippen molar-refractivity contribution >= 4 is 39.2 Å². The fraction of sp³-hybridized carbons (Fsp3) is 0.0417. The average Bonchev–Trinajstić information content (AvgIpc) is 3.27. The van der Waals surface area contributed by atoms with Gasteiger partial charge in [-0.2, -0.15) is 10.4 Å². The summed E-state index contributed by atoms with van der Waals surface area (Å²) in [4.78, 5) is 23.2. The summed E-state index contributed by atoms with van der Waals surface area (Å²) in [6.45, 7) is 0.283. The molecule has 0 aliphatic rings. The largest absolute Gasteiger partial charge is 0.489 e. The Balaban J connectivity index is 1.34.